The molecule has 1 spiro atoms. The molecule has 2 aliphatic heterocycles. The molecule has 4 rings (SSSR count). The van der Waals surface area contributed by atoms with E-state index in [0.29, 0.717) is 6.54 Å². The smallest absolute Gasteiger partial charge is 0.131 e. The highest BCUT2D eigenvalue weighted by atomic mass is 35.5. The molecular formula is C18H19ClN4. The van der Waals surface area contributed by atoms with E-state index in [1.807, 2.05) is 36.4 Å². The van der Waals surface area contributed by atoms with Crippen LogP contribution in [0.2, 0.25) is 5.02 Å². The van der Waals surface area contributed by atoms with E-state index in [9.17, 15) is 0 Å². The van der Waals surface area contributed by atoms with E-state index in [2.05, 4.69) is 34.7 Å². The number of hydrogen-bond donors (Lipinski definition) is 2. The van der Waals surface area contributed by atoms with Crippen molar-refractivity contribution < 1.29 is 0 Å². The third-order valence-electron chi connectivity index (χ3n) is 4.39. The second-order valence-corrected chi connectivity index (χ2v) is 6.78. The lowest BCUT2D eigenvalue weighted by atomic mass is 9.86. The molecule has 1 saturated heterocycles. The number of amidine groups is 1. The largest absolute Gasteiger partial charge is 0.369 e. The lowest BCUT2D eigenvalue weighted by Gasteiger charge is -2.51. The molecular weight excluding hydrogens is 308 g/mol. The highest BCUT2D eigenvalue weighted by Crippen LogP contribution is 2.36. The number of benzene rings is 2. The maximum Gasteiger partial charge on any atom is 0.131 e. The molecule has 0 saturated carbocycles. The van der Waals surface area contributed by atoms with E-state index in [1.165, 1.54) is 0 Å². The Kier molecular flexibility index (Phi) is 3.51. The topological polar surface area (TPSA) is 39.7 Å². The fraction of sp³-hybridized carbons (Fsp3) is 0.278. The second-order valence-electron chi connectivity index (χ2n) is 6.34. The van der Waals surface area contributed by atoms with Gasteiger partial charge in [0.1, 0.15) is 11.4 Å². The molecule has 5 heteroatoms. The molecule has 0 radical (unpaired) electrons. The molecule has 0 unspecified atom stereocenters. The molecule has 118 valence electrons. The monoisotopic (exact) mass is 326 g/mol. The van der Waals surface area contributed by atoms with Crippen molar-refractivity contribution in [3.63, 3.8) is 0 Å². The molecule has 2 heterocycles. The van der Waals surface area contributed by atoms with Gasteiger partial charge in [-0.3, -0.25) is 0 Å². The Hall–Kier alpha value is -2.04. The summed E-state index contributed by atoms with van der Waals surface area (Å²) in [7, 11) is 2.13. The van der Waals surface area contributed by atoms with Gasteiger partial charge in [0.15, 0.2) is 0 Å². The van der Waals surface area contributed by atoms with Crippen LogP contribution in [0.3, 0.4) is 0 Å². The predicted octanol–water partition coefficient (Wildman–Crippen LogP) is 3.27. The van der Waals surface area contributed by atoms with Crippen molar-refractivity contribution >= 4 is 28.8 Å². The van der Waals surface area contributed by atoms with Gasteiger partial charge in [-0.25, -0.2) is 4.99 Å². The third kappa shape index (κ3) is 2.69. The number of nitrogens with one attached hydrogen (secondary N) is 2. The Balaban J connectivity index is 1.60. The first-order valence-electron chi connectivity index (χ1n) is 7.78. The number of halogens is 1. The van der Waals surface area contributed by atoms with Crippen LogP contribution in [-0.4, -0.2) is 36.4 Å². The maximum atomic E-state index is 6.07. The van der Waals surface area contributed by atoms with Gasteiger partial charge in [0.2, 0.25) is 0 Å². The lowest BCUT2D eigenvalue weighted by Crippen LogP contribution is -2.72. The first-order valence-corrected chi connectivity index (χ1v) is 8.16. The quantitative estimate of drug-likeness (QED) is 0.889. The molecule has 0 atom stereocenters. The average molecular weight is 327 g/mol. The van der Waals surface area contributed by atoms with Crippen molar-refractivity contribution in [2.45, 2.75) is 12.1 Å². The minimum Gasteiger partial charge on any atom is -0.369 e. The Morgan fingerprint density at radius 2 is 2.04 bits per heavy atom. The fourth-order valence-corrected chi connectivity index (χ4v) is 3.58. The standard InChI is InChI=1S/C18H19ClN4/c1-23-11-18(12-23)17(20-10-13-5-4-6-14(19)9-13)21-15-7-2-3-8-16(15)22-18/h2-9,22H,10-12H2,1H3,(H,20,21). The van der Waals surface area contributed by atoms with Crippen molar-refractivity contribution in [1.82, 2.24) is 10.2 Å². The number of likely N-dealkylation sites (N-methyl/N-ethyl adjacent to an activating group) is 1. The van der Waals surface area contributed by atoms with Crippen molar-refractivity contribution in [3.05, 3.63) is 59.1 Å². The highest BCUT2D eigenvalue weighted by molar-refractivity contribution is 6.30. The number of rotatable bonds is 2. The summed E-state index contributed by atoms with van der Waals surface area (Å²) in [5.74, 6) is 1.01. The van der Waals surface area contributed by atoms with Crippen LogP contribution in [-0.2, 0) is 6.54 Å². The lowest BCUT2D eigenvalue weighted by molar-refractivity contribution is 0.163. The van der Waals surface area contributed by atoms with Crippen molar-refractivity contribution in [2.75, 3.05) is 25.5 Å². The molecule has 2 aromatic rings. The normalized spacial score (nSPS) is 18.6. The van der Waals surface area contributed by atoms with Crippen LogP contribution >= 0.6 is 11.6 Å². The van der Waals surface area contributed by atoms with E-state index in [0.717, 1.165) is 40.9 Å². The molecule has 2 aliphatic rings. The van der Waals surface area contributed by atoms with Crippen LogP contribution in [0, 0.1) is 0 Å². The highest BCUT2D eigenvalue weighted by Gasteiger charge is 2.47. The fourth-order valence-electron chi connectivity index (χ4n) is 3.37. The van der Waals surface area contributed by atoms with Crippen LogP contribution in [0.1, 0.15) is 5.56 Å². The van der Waals surface area contributed by atoms with Crippen LogP contribution in [0.25, 0.3) is 0 Å². The number of likely N-dealkylation sites (tertiary alicyclic amines) is 1. The summed E-state index contributed by atoms with van der Waals surface area (Å²) < 4.78 is 0. The van der Waals surface area contributed by atoms with Crippen molar-refractivity contribution in [2.24, 2.45) is 4.99 Å². The molecule has 2 N–H and O–H groups in total. The van der Waals surface area contributed by atoms with Gasteiger partial charge in [-0.05, 0) is 36.9 Å². The molecule has 0 amide bonds. The molecule has 2 aromatic carbocycles. The Bertz CT molecular complexity index is 765. The molecule has 4 nitrogen and oxygen atoms in total. The summed E-state index contributed by atoms with van der Waals surface area (Å²) >= 11 is 6.07. The summed E-state index contributed by atoms with van der Waals surface area (Å²) in [5.41, 5.74) is 3.14. The van der Waals surface area contributed by atoms with E-state index in [1.54, 1.807) is 0 Å². The molecule has 0 aliphatic carbocycles. The van der Waals surface area contributed by atoms with Gasteiger partial charge < -0.3 is 15.5 Å². The number of aliphatic imine (C=N–C) groups is 1. The van der Waals surface area contributed by atoms with Crippen LogP contribution < -0.4 is 10.6 Å². The number of fused-ring (bicyclic) bond motifs is 1. The zero-order valence-electron chi connectivity index (χ0n) is 13.0. The van der Waals surface area contributed by atoms with E-state index >= 15 is 0 Å². The van der Waals surface area contributed by atoms with Gasteiger partial charge in [0, 0.05) is 24.7 Å². The average Bonchev–Trinajstić information content (AvgIpc) is 2.51. The van der Waals surface area contributed by atoms with Crippen molar-refractivity contribution in [1.29, 1.82) is 0 Å². The van der Waals surface area contributed by atoms with Gasteiger partial charge >= 0.3 is 0 Å². The van der Waals surface area contributed by atoms with E-state index in [-0.39, 0.29) is 5.54 Å². The first-order chi connectivity index (χ1) is 11.1. The van der Waals surface area contributed by atoms with Crippen molar-refractivity contribution in [3.8, 4) is 0 Å². The first kappa shape index (κ1) is 14.5. The predicted molar refractivity (Wildman–Crippen MR) is 95.7 cm³/mol. The van der Waals surface area contributed by atoms with Gasteiger partial charge in [-0.1, -0.05) is 35.9 Å². The third-order valence-corrected chi connectivity index (χ3v) is 4.63. The van der Waals surface area contributed by atoms with Gasteiger partial charge in [0.05, 0.1) is 11.4 Å². The van der Waals surface area contributed by atoms with E-state index in [4.69, 9.17) is 16.6 Å². The Morgan fingerprint density at radius 3 is 2.83 bits per heavy atom. The van der Waals surface area contributed by atoms with Gasteiger partial charge in [-0.15, -0.1) is 0 Å². The molecule has 0 bridgehead atoms. The molecule has 1 fully saturated rings. The van der Waals surface area contributed by atoms with Crippen LogP contribution in [0.4, 0.5) is 11.4 Å². The zero-order chi connectivity index (χ0) is 15.9. The van der Waals surface area contributed by atoms with Crippen LogP contribution in [0.5, 0.6) is 0 Å². The minimum absolute atomic E-state index is 0.109. The summed E-state index contributed by atoms with van der Waals surface area (Å²) in [6.07, 6.45) is 0. The zero-order valence-corrected chi connectivity index (χ0v) is 13.8. The van der Waals surface area contributed by atoms with Gasteiger partial charge in [0.25, 0.3) is 0 Å². The maximum absolute atomic E-state index is 6.07. The number of nitrogens with zero attached hydrogens (tertiary/aromatic N) is 2. The Labute approximate surface area is 141 Å². The van der Waals surface area contributed by atoms with Crippen LogP contribution in [0.15, 0.2) is 53.5 Å². The molecule has 23 heavy (non-hydrogen) atoms. The van der Waals surface area contributed by atoms with Gasteiger partial charge in [-0.2, -0.15) is 0 Å². The summed E-state index contributed by atoms with van der Waals surface area (Å²) in [6, 6.07) is 16.1. The minimum atomic E-state index is -0.109. The molecule has 0 aromatic heterocycles. The SMILES string of the molecule is CN1CC2(C1)Nc1ccccc1N=C2NCc1cccc(Cl)c1. The number of anilines is 1. The number of para-hydroxylation sites is 2. The summed E-state index contributed by atoms with van der Waals surface area (Å²) in [4.78, 5) is 7.17. The summed E-state index contributed by atoms with van der Waals surface area (Å²) in [6.45, 7) is 2.61. The van der Waals surface area contributed by atoms with E-state index < -0.39 is 0 Å². The second kappa shape index (κ2) is 5.55. The Morgan fingerprint density at radius 1 is 1.22 bits per heavy atom. The number of hydrogen-bond acceptors (Lipinski definition) is 4. The summed E-state index contributed by atoms with van der Waals surface area (Å²) in [5, 5.41) is 7.96.